The molecule has 1 aliphatic heterocycles. The molecule has 1 heterocycles. The van der Waals surface area contributed by atoms with Gasteiger partial charge in [-0.15, -0.1) is 0 Å². The molecule has 102 valence electrons. The van der Waals surface area contributed by atoms with Crippen LogP contribution in [0.3, 0.4) is 0 Å². The van der Waals surface area contributed by atoms with E-state index >= 15 is 0 Å². The molecule has 1 aromatic carbocycles. The molecule has 1 amide bonds. The number of nitrogens with zero attached hydrogens (tertiary/aromatic N) is 1. The van der Waals surface area contributed by atoms with Gasteiger partial charge in [0.15, 0.2) is 0 Å². The van der Waals surface area contributed by atoms with E-state index < -0.39 is 0 Å². The fourth-order valence-electron chi connectivity index (χ4n) is 2.68. The summed E-state index contributed by atoms with van der Waals surface area (Å²) >= 11 is 5.84. The van der Waals surface area contributed by atoms with Crippen molar-refractivity contribution < 1.29 is 4.79 Å². The Bertz CT molecular complexity index is 456. The molecule has 1 fully saturated rings. The second kappa shape index (κ2) is 6.25. The lowest BCUT2D eigenvalue weighted by atomic mass is 9.97. The Labute approximate surface area is 120 Å². The lowest BCUT2D eigenvalue weighted by molar-refractivity contribution is -0.131. The highest BCUT2D eigenvalue weighted by Crippen LogP contribution is 2.23. The molecule has 19 heavy (non-hydrogen) atoms. The van der Waals surface area contributed by atoms with Gasteiger partial charge in [0.05, 0.1) is 0 Å². The van der Waals surface area contributed by atoms with E-state index in [1.165, 1.54) is 6.42 Å². The third-order valence-corrected chi connectivity index (χ3v) is 3.99. The standard InChI is InChI=1S/C16H20ClNO/c1-12-4-3-5-13(2)18(12)16(19)11-8-14-6-9-15(17)10-7-14/h6-13H,3-5H2,1-2H3/b11-8+. The summed E-state index contributed by atoms with van der Waals surface area (Å²) < 4.78 is 0. The van der Waals surface area contributed by atoms with Crippen molar-refractivity contribution in [2.75, 3.05) is 0 Å². The minimum Gasteiger partial charge on any atom is -0.334 e. The zero-order chi connectivity index (χ0) is 13.8. The van der Waals surface area contributed by atoms with Crippen LogP contribution in [0.4, 0.5) is 0 Å². The number of likely N-dealkylation sites (tertiary alicyclic amines) is 1. The number of carbonyl (C=O) groups excluding carboxylic acids is 1. The minimum atomic E-state index is 0.106. The summed E-state index contributed by atoms with van der Waals surface area (Å²) in [6, 6.07) is 8.16. The van der Waals surface area contributed by atoms with Gasteiger partial charge < -0.3 is 4.90 Å². The zero-order valence-electron chi connectivity index (χ0n) is 11.5. The van der Waals surface area contributed by atoms with E-state index in [0.717, 1.165) is 18.4 Å². The quantitative estimate of drug-likeness (QED) is 0.744. The maximum Gasteiger partial charge on any atom is 0.247 e. The van der Waals surface area contributed by atoms with Crippen molar-refractivity contribution in [1.82, 2.24) is 4.90 Å². The van der Waals surface area contributed by atoms with E-state index in [0.29, 0.717) is 17.1 Å². The third-order valence-electron chi connectivity index (χ3n) is 3.74. The van der Waals surface area contributed by atoms with Gasteiger partial charge in [-0.3, -0.25) is 4.79 Å². The molecule has 0 bridgehead atoms. The second-order valence-corrected chi connectivity index (χ2v) is 5.70. The molecule has 2 rings (SSSR count). The molecule has 2 atom stereocenters. The topological polar surface area (TPSA) is 20.3 Å². The van der Waals surface area contributed by atoms with Gasteiger partial charge >= 0.3 is 0 Å². The number of hydrogen-bond acceptors (Lipinski definition) is 1. The van der Waals surface area contributed by atoms with Crippen molar-refractivity contribution in [1.29, 1.82) is 0 Å². The predicted molar refractivity (Wildman–Crippen MR) is 80.1 cm³/mol. The maximum absolute atomic E-state index is 12.3. The Hall–Kier alpha value is -1.28. The van der Waals surface area contributed by atoms with E-state index in [-0.39, 0.29) is 5.91 Å². The first-order valence-corrected chi connectivity index (χ1v) is 7.21. The van der Waals surface area contributed by atoms with Gasteiger partial charge in [-0.2, -0.15) is 0 Å². The van der Waals surface area contributed by atoms with Crippen molar-refractivity contribution in [3.63, 3.8) is 0 Å². The van der Waals surface area contributed by atoms with Gasteiger partial charge in [-0.05, 0) is 56.9 Å². The summed E-state index contributed by atoms with van der Waals surface area (Å²) in [5.41, 5.74) is 0.995. The largest absolute Gasteiger partial charge is 0.334 e. The third kappa shape index (κ3) is 3.60. The SMILES string of the molecule is CC1CCCC(C)N1C(=O)/C=C/c1ccc(Cl)cc1. The van der Waals surface area contributed by atoms with Gasteiger partial charge in [-0.1, -0.05) is 23.7 Å². The van der Waals surface area contributed by atoms with E-state index in [1.807, 2.05) is 35.2 Å². The first kappa shape index (κ1) is 14.1. The molecule has 1 aliphatic rings. The Morgan fingerprint density at radius 1 is 1.21 bits per heavy atom. The predicted octanol–water partition coefficient (Wildman–Crippen LogP) is 4.14. The number of hydrogen-bond donors (Lipinski definition) is 0. The molecule has 0 aromatic heterocycles. The van der Waals surface area contributed by atoms with Crippen molar-refractivity contribution >= 4 is 23.6 Å². The molecule has 1 aromatic rings. The van der Waals surface area contributed by atoms with Crippen molar-refractivity contribution in [3.05, 3.63) is 40.9 Å². The van der Waals surface area contributed by atoms with Gasteiger partial charge in [0, 0.05) is 23.2 Å². The normalized spacial score (nSPS) is 23.8. The van der Waals surface area contributed by atoms with Crippen LogP contribution in [-0.2, 0) is 4.79 Å². The molecule has 2 nitrogen and oxygen atoms in total. The van der Waals surface area contributed by atoms with Crippen LogP contribution in [0.25, 0.3) is 6.08 Å². The average molecular weight is 278 g/mol. The molecule has 3 heteroatoms. The highest BCUT2D eigenvalue weighted by atomic mass is 35.5. The molecular formula is C16H20ClNO. The van der Waals surface area contributed by atoms with Gasteiger partial charge in [0.25, 0.3) is 0 Å². The van der Waals surface area contributed by atoms with Crippen molar-refractivity contribution in [2.45, 2.75) is 45.2 Å². The van der Waals surface area contributed by atoms with Crippen LogP contribution in [0.1, 0.15) is 38.7 Å². The van der Waals surface area contributed by atoms with Crippen LogP contribution >= 0.6 is 11.6 Å². The second-order valence-electron chi connectivity index (χ2n) is 5.26. The molecule has 1 saturated heterocycles. The Kier molecular flexibility index (Phi) is 4.65. The van der Waals surface area contributed by atoms with Crippen molar-refractivity contribution in [3.8, 4) is 0 Å². The monoisotopic (exact) mass is 277 g/mol. The van der Waals surface area contributed by atoms with E-state index in [1.54, 1.807) is 6.08 Å². The first-order chi connectivity index (χ1) is 9.08. The summed E-state index contributed by atoms with van der Waals surface area (Å²) in [6.07, 6.45) is 6.94. The fourth-order valence-corrected chi connectivity index (χ4v) is 2.81. The van der Waals surface area contributed by atoms with Gasteiger partial charge in [0.2, 0.25) is 5.91 Å². The lowest BCUT2D eigenvalue weighted by Gasteiger charge is -2.38. The number of carbonyl (C=O) groups is 1. The minimum absolute atomic E-state index is 0.106. The number of rotatable bonds is 2. The van der Waals surface area contributed by atoms with Crippen LogP contribution in [0, 0.1) is 0 Å². The molecular weight excluding hydrogens is 258 g/mol. The van der Waals surface area contributed by atoms with Crippen LogP contribution in [0.5, 0.6) is 0 Å². The van der Waals surface area contributed by atoms with Crippen LogP contribution in [0.2, 0.25) is 5.02 Å². The Morgan fingerprint density at radius 3 is 2.37 bits per heavy atom. The smallest absolute Gasteiger partial charge is 0.247 e. The fraction of sp³-hybridized carbons (Fsp3) is 0.438. The summed E-state index contributed by atoms with van der Waals surface area (Å²) in [5, 5.41) is 0.710. The van der Waals surface area contributed by atoms with E-state index in [2.05, 4.69) is 13.8 Å². The molecule has 0 saturated carbocycles. The Balaban J connectivity index is 2.05. The summed E-state index contributed by atoms with van der Waals surface area (Å²) in [5.74, 6) is 0.106. The van der Waals surface area contributed by atoms with E-state index in [4.69, 9.17) is 11.6 Å². The first-order valence-electron chi connectivity index (χ1n) is 6.84. The Morgan fingerprint density at radius 2 is 1.79 bits per heavy atom. The highest BCUT2D eigenvalue weighted by molar-refractivity contribution is 6.30. The van der Waals surface area contributed by atoms with Gasteiger partial charge in [0.1, 0.15) is 0 Å². The number of benzene rings is 1. The summed E-state index contributed by atoms with van der Waals surface area (Å²) in [4.78, 5) is 14.3. The maximum atomic E-state index is 12.3. The highest BCUT2D eigenvalue weighted by Gasteiger charge is 2.27. The van der Waals surface area contributed by atoms with Crippen LogP contribution < -0.4 is 0 Å². The number of amides is 1. The van der Waals surface area contributed by atoms with Crippen LogP contribution in [0.15, 0.2) is 30.3 Å². The van der Waals surface area contributed by atoms with E-state index in [9.17, 15) is 4.79 Å². The van der Waals surface area contributed by atoms with Gasteiger partial charge in [-0.25, -0.2) is 0 Å². The molecule has 0 N–H and O–H groups in total. The number of halogens is 1. The number of piperidine rings is 1. The van der Waals surface area contributed by atoms with Crippen molar-refractivity contribution in [2.24, 2.45) is 0 Å². The summed E-state index contributed by atoms with van der Waals surface area (Å²) in [7, 11) is 0. The molecule has 0 spiro atoms. The van der Waals surface area contributed by atoms with Crippen LogP contribution in [-0.4, -0.2) is 22.9 Å². The zero-order valence-corrected chi connectivity index (χ0v) is 12.2. The summed E-state index contributed by atoms with van der Waals surface area (Å²) in [6.45, 7) is 4.26. The molecule has 0 radical (unpaired) electrons. The molecule has 2 unspecified atom stereocenters. The average Bonchev–Trinajstić information content (AvgIpc) is 2.38. The molecule has 0 aliphatic carbocycles. The lowest BCUT2D eigenvalue weighted by Crippen LogP contribution is -2.46.